The van der Waals surface area contributed by atoms with E-state index in [0.29, 0.717) is 12.1 Å². The molecule has 0 bridgehead atoms. The van der Waals surface area contributed by atoms with Gasteiger partial charge in [0.25, 0.3) is 0 Å². The summed E-state index contributed by atoms with van der Waals surface area (Å²) in [5.41, 5.74) is -0.857. The number of nitrogens with one attached hydrogen (secondary N) is 2. The molecule has 3 amide bonds. The fraction of sp³-hybridized carbons (Fsp3) is 0.200. The average Bonchev–Trinajstić information content (AvgIpc) is 2.23. The van der Waals surface area contributed by atoms with E-state index in [1.807, 2.05) is 0 Å². The molecule has 0 radical (unpaired) electrons. The number of halogens is 4. The Kier molecular flexibility index (Phi) is 4.55. The third-order valence-corrected chi connectivity index (χ3v) is 2.04. The van der Waals surface area contributed by atoms with Gasteiger partial charge in [0, 0.05) is 12.1 Å². The molecule has 1 aromatic rings. The summed E-state index contributed by atoms with van der Waals surface area (Å²) in [5.74, 6) is -4.55. The molecular weight excluding hydrogens is 273 g/mol. The van der Waals surface area contributed by atoms with Crippen LogP contribution in [0.1, 0.15) is 6.92 Å². The predicted octanol–water partition coefficient (Wildman–Crippen LogP) is 2.38. The predicted molar refractivity (Wildman–Crippen MR) is 58.8 cm³/mol. The van der Waals surface area contributed by atoms with Crippen molar-refractivity contribution in [3.8, 4) is 0 Å². The molecule has 1 aromatic carbocycles. The zero-order valence-corrected chi connectivity index (χ0v) is 9.82. The fourth-order valence-corrected chi connectivity index (χ4v) is 1.07. The normalized spacial score (nSPS) is 11.8. The summed E-state index contributed by atoms with van der Waals surface area (Å²) < 4.78 is 38.9. The van der Waals surface area contributed by atoms with Gasteiger partial charge in [0.2, 0.25) is 5.91 Å². The summed E-state index contributed by atoms with van der Waals surface area (Å²) in [7, 11) is 0. The SMILES string of the molecule is CC(Cl)C(=O)NC(=O)Nc1c(F)cc(F)cc1F. The Morgan fingerprint density at radius 1 is 1.22 bits per heavy atom. The highest BCUT2D eigenvalue weighted by Gasteiger charge is 2.17. The van der Waals surface area contributed by atoms with E-state index in [1.54, 1.807) is 10.6 Å². The fourth-order valence-electron chi connectivity index (χ4n) is 1.02. The van der Waals surface area contributed by atoms with Crippen LogP contribution in [-0.2, 0) is 4.79 Å². The first-order chi connectivity index (χ1) is 8.31. The van der Waals surface area contributed by atoms with Crippen LogP contribution >= 0.6 is 11.6 Å². The van der Waals surface area contributed by atoms with Gasteiger partial charge in [-0.2, -0.15) is 0 Å². The Bertz CT molecular complexity index is 471. The molecule has 2 N–H and O–H groups in total. The maximum atomic E-state index is 13.1. The molecule has 1 unspecified atom stereocenters. The lowest BCUT2D eigenvalue weighted by atomic mass is 10.3. The Morgan fingerprint density at radius 3 is 2.17 bits per heavy atom. The second-order valence-electron chi connectivity index (χ2n) is 3.30. The smallest absolute Gasteiger partial charge is 0.302 e. The second kappa shape index (κ2) is 5.72. The molecule has 1 atom stereocenters. The highest BCUT2D eigenvalue weighted by molar-refractivity contribution is 6.31. The Hall–Kier alpha value is -1.76. The van der Waals surface area contributed by atoms with Gasteiger partial charge >= 0.3 is 6.03 Å². The lowest BCUT2D eigenvalue weighted by Gasteiger charge is -2.09. The number of hydrogen-bond acceptors (Lipinski definition) is 2. The number of carbonyl (C=O) groups excluding carboxylic acids is 2. The topological polar surface area (TPSA) is 58.2 Å². The minimum Gasteiger partial charge on any atom is -0.302 e. The molecule has 4 nitrogen and oxygen atoms in total. The first-order valence-corrected chi connectivity index (χ1v) is 5.15. The Morgan fingerprint density at radius 2 is 1.72 bits per heavy atom. The molecular formula is C10H8ClF3N2O2. The van der Waals surface area contributed by atoms with Crippen LogP contribution in [0.5, 0.6) is 0 Å². The Balaban J connectivity index is 2.80. The highest BCUT2D eigenvalue weighted by Crippen LogP contribution is 2.19. The quantitative estimate of drug-likeness (QED) is 0.817. The van der Waals surface area contributed by atoms with Gasteiger partial charge in [-0.1, -0.05) is 0 Å². The van der Waals surface area contributed by atoms with Crippen molar-refractivity contribution in [3.05, 3.63) is 29.6 Å². The molecule has 1 rings (SSSR count). The minimum atomic E-state index is -1.30. The molecule has 0 spiro atoms. The van der Waals surface area contributed by atoms with Crippen molar-refractivity contribution >= 4 is 29.2 Å². The van der Waals surface area contributed by atoms with Gasteiger partial charge in [-0.05, 0) is 6.92 Å². The van der Waals surface area contributed by atoms with Gasteiger partial charge in [-0.3, -0.25) is 10.1 Å². The van der Waals surface area contributed by atoms with Crippen molar-refractivity contribution in [2.75, 3.05) is 5.32 Å². The summed E-state index contributed by atoms with van der Waals surface area (Å²) in [6.07, 6.45) is 0. The van der Waals surface area contributed by atoms with E-state index in [1.165, 1.54) is 6.92 Å². The molecule has 0 saturated heterocycles. The lowest BCUT2D eigenvalue weighted by Crippen LogP contribution is -2.38. The van der Waals surface area contributed by atoms with Crippen molar-refractivity contribution in [3.63, 3.8) is 0 Å². The lowest BCUT2D eigenvalue weighted by molar-refractivity contribution is -0.119. The van der Waals surface area contributed by atoms with Crippen LogP contribution in [-0.4, -0.2) is 17.3 Å². The molecule has 8 heteroatoms. The third kappa shape index (κ3) is 3.63. The summed E-state index contributed by atoms with van der Waals surface area (Å²) in [5, 5.41) is 2.51. The van der Waals surface area contributed by atoms with Gasteiger partial charge in [0.05, 0.1) is 0 Å². The number of amides is 3. The van der Waals surface area contributed by atoms with Gasteiger partial charge in [0.15, 0.2) is 11.6 Å². The van der Waals surface area contributed by atoms with E-state index >= 15 is 0 Å². The zero-order chi connectivity index (χ0) is 13.9. The summed E-state index contributed by atoms with van der Waals surface area (Å²) in [4.78, 5) is 22.2. The number of alkyl halides is 1. The second-order valence-corrected chi connectivity index (χ2v) is 3.96. The van der Waals surface area contributed by atoms with Crippen molar-refractivity contribution in [2.45, 2.75) is 12.3 Å². The van der Waals surface area contributed by atoms with E-state index in [9.17, 15) is 22.8 Å². The van der Waals surface area contributed by atoms with Crippen LogP contribution in [0.2, 0.25) is 0 Å². The number of rotatable bonds is 2. The number of benzene rings is 1. The molecule has 0 aliphatic carbocycles. The van der Waals surface area contributed by atoms with E-state index in [0.717, 1.165) is 0 Å². The van der Waals surface area contributed by atoms with Crippen LogP contribution in [0.3, 0.4) is 0 Å². The van der Waals surface area contributed by atoms with E-state index < -0.39 is 40.5 Å². The number of anilines is 1. The van der Waals surface area contributed by atoms with Crippen LogP contribution in [0.15, 0.2) is 12.1 Å². The Labute approximate surface area is 105 Å². The maximum absolute atomic E-state index is 13.1. The van der Waals surface area contributed by atoms with E-state index in [4.69, 9.17) is 11.6 Å². The standard InChI is InChI=1S/C10H8ClF3N2O2/c1-4(11)9(17)16-10(18)15-8-6(13)2-5(12)3-7(8)14/h2-4H,1H3,(H2,15,16,17,18). The van der Waals surface area contributed by atoms with Crippen molar-refractivity contribution in [2.24, 2.45) is 0 Å². The average molecular weight is 281 g/mol. The largest absolute Gasteiger partial charge is 0.326 e. The molecule has 0 saturated carbocycles. The maximum Gasteiger partial charge on any atom is 0.326 e. The first-order valence-electron chi connectivity index (χ1n) is 4.71. The van der Waals surface area contributed by atoms with Crippen LogP contribution in [0.4, 0.5) is 23.7 Å². The van der Waals surface area contributed by atoms with Gasteiger partial charge in [-0.25, -0.2) is 18.0 Å². The number of carbonyl (C=O) groups is 2. The summed E-state index contributed by atoms with van der Waals surface area (Å²) >= 11 is 5.37. The van der Waals surface area contributed by atoms with Gasteiger partial charge in [-0.15, -0.1) is 11.6 Å². The number of imide groups is 1. The molecule has 98 valence electrons. The molecule has 0 aromatic heterocycles. The van der Waals surface area contributed by atoms with E-state index in [-0.39, 0.29) is 0 Å². The summed E-state index contributed by atoms with van der Waals surface area (Å²) in [6.45, 7) is 1.31. The van der Waals surface area contributed by atoms with Crippen molar-refractivity contribution < 1.29 is 22.8 Å². The van der Waals surface area contributed by atoms with Gasteiger partial charge < -0.3 is 5.32 Å². The molecule has 0 aliphatic rings. The van der Waals surface area contributed by atoms with Crippen LogP contribution in [0, 0.1) is 17.5 Å². The van der Waals surface area contributed by atoms with Crippen molar-refractivity contribution in [1.82, 2.24) is 5.32 Å². The molecule has 18 heavy (non-hydrogen) atoms. The van der Waals surface area contributed by atoms with Crippen LogP contribution < -0.4 is 10.6 Å². The van der Waals surface area contributed by atoms with E-state index in [2.05, 4.69) is 0 Å². The van der Waals surface area contributed by atoms with Gasteiger partial charge in [0.1, 0.15) is 16.9 Å². The third-order valence-electron chi connectivity index (χ3n) is 1.84. The minimum absolute atomic E-state index is 0.394. The number of hydrogen-bond donors (Lipinski definition) is 2. The highest BCUT2D eigenvalue weighted by atomic mass is 35.5. The molecule has 0 aliphatic heterocycles. The zero-order valence-electron chi connectivity index (χ0n) is 9.06. The number of urea groups is 1. The summed E-state index contributed by atoms with van der Waals surface area (Å²) in [6, 6.07) is -0.382. The monoisotopic (exact) mass is 280 g/mol. The first kappa shape index (κ1) is 14.3. The molecule has 0 heterocycles. The van der Waals surface area contributed by atoms with Crippen LogP contribution in [0.25, 0.3) is 0 Å². The molecule has 0 fully saturated rings. The van der Waals surface area contributed by atoms with Crippen molar-refractivity contribution in [1.29, 1.82) is 0 Å².